The predicted octanol–water partition coefficient (Wildman–Crippen LogP) is 7.97. The van der Waals surface area contributed by atoms with Gasteiger partial charge in [0.1, 0.15) is 0 Å². The van der Waals surface area contributed by atoms with E-state index in [2.05, 4.69) is 56.3 Å². The summed E-state index contributed by atoms with van der Waals surface area (Å²) in [4.78, 5) is 6.83. The van der Waals surface area contributed by atoms with Crippen molar-refractivity contribution in [1.29, 1.82) is 0 Å². The molecule has 0 bridgehead atoms. The van der Waals surface area contributed by atoms with Gasteiger partial charge in [0.2, 0.25) is 5.13 Å². The molecule has 6 nitrogen and oxygen atoms in total. The Labute approximate surface area is 179 Å². The number of azo groups is 2. The zero-order chi connectivity index (χ0) is 20.8. The fourth-order valence-electron chi connectivity index (χ4n) is 3.04. The number of hydrogen-bond acceptors (Lipinski definition) is 7. The lowest BCUT2D eigenvalue weighted by atomic mass is 10.2. The van der Waals surface area contributed by atoms with Crippen molar-refractivity contribution in [2.75, 3.05) is 18.0 Å². The van der Waals surface area contributed by atoms with Gasteiger partial charge in [-0.1, -0.05) is 29.5 Å². The molecular weight excluding hydrogens is 392 g/mol. The van der Waals surface area contributed by atoms with E-state index in [0.29, 0.717) is 5.13 Å². The van der Waals surface area contributed by atoms with Crippen molar-refractivity contribution in [3.05, 3.63) is 72.8 Å². The van der Waals surface area contributed by atoms with Crippen LogP contribution in [0.3, 0.4) is 0 Å². The molecule has 30 heavy (non-hydrogen) atoms. The summed E-state index contributed by atoms with van der Waals surface area (Å²) in [5.74, 6) is 0. The van der Waals surface area contributed by atoms with Crippen molar-refractivity contribution in [2.24, 2.45) is 20.5 Å². The number of thiazole rings is 1. The summed E-state index contributed by atoms with van der Waals surface area (Å²) in [6.45, 7) is 6.27. The highest BCUT2D eigenvalue weighted by atomic mass is 32.1. The molecule has 0 N–H and O–H groups in total. The van der Waals surface area contributed by atoms with Crippen molar-refractivity contribution in [1.82, 2.24) is 4.98 Å². The van der Waals surface area contributed by atoms with Gasteiger partial charge in [0.25, 0.3) is 0 Å². The van der Waals surface area contributed by atoms with Crippen molar-refractivity contribution < 1.29 is 0 Å². The van der Waals surface area contributed by atoms with Crippen molar-refractivity contribution in [2.45, 2.75) is 13.8 Å². The highest BCUT2D eigenvalue weighted by Crippen LogP contribution is 2.32. The molecule has 7 heteroatoms. The first-order valence-corrected chi connectivity index (χ1v) is 10.7. The summed E-state index contributed by atoms with van der Waals surface area (Å²) in [6, 6.07) is 23.6. The molecule has 0 amide bonds. The number of benzene rings is 3. The standard InChI is InChI=1S/C23H22N6S/c1-3-29(4-2)20-13-10-18(11-14-20)26-28-23-24-21-15-12-19(16-22(21)30-23)27-25-17-8-6-5-7-9-17/h5-16H,3-4H2,1-2H3. The van der Waals surface area contributed by atoms with E-state index in [4.69, 9.17) is 0 Å². The first kappa shape index (κ1) is 19.8. The Balaban J connectivity index is 1.49. The fourth-order valence-corrected chi connectivity index (χ4v) is 3.86. The Morgan fingerprint density at radius 2 is 1.37 bits per heavy atom. The summed E-state index contributed by atoms with van der Waals surface area (Å²) < 4.78 is 1.00. The Morgan fingerprint density at radius 1 is 0.733 bits per heavy atom. The van der Waals surface area contributed by atoms with Gasteiger partial charge in [0.15, 0.2) is 0 Å². The van der Waals surface area contributed by atoms with E-state index in [9.17, 15) is 0 Å². The van der Waals surface area contributed by atoms with E-state index >= 15 is 0 Å². The highest BCUT2D eigenvalue weighted by Gasteiger charge is 2.05. The van der Waals surface area contributed by atoms with E-state index in [0.717, 1.165) is 40.4 Å². The molecule has 0 saturated heterocycles. The van der Waals surface area contributed by atoms with Gasteiger partial charge in [-0.2, -0.15) is 10.2 Å². The van der Waals surface area contributed by atoms with E-state index < -0.39 is 0 Å². The molecule has 0 aliphatic carbocycles. The van der Waals surface area contributed by atoms with Gasteiger partial charge in [-0.25, -0.2) is 4.98 Å². The summed E-state index contributed by atoms with van der Waals surface area (Å²) in [6.07, 6.45) is 0. The van der Waals surface area contributed by atoms with E-state index in [1.165, 1.54) is 17.0 Å². The Kier molecular flexibility index (Phi) is 6.20. The fraction of sp³-hybridized carbons (Fsp3) is 0.174. The molecule has 0 unspecified atom stereocenters. The molecule has 0 fully saturated rings. The summed E-state index contributed by atoms with van der Waals surface area (Å²) in [7, 11) is 0. The number of rotatable bonds is 7. The number of nitrogens with zero attached hydrogens (tertiary/aromatic N) is 6. The van der Waals surface area contributed by atoms with Gasteiger partial charge >= 0.3 is 0 Å². The van der Waals surface area contributed by atoms with Gasteiger partial charge in [-0.15, -0.1) is 10.2 Å². The summed E-state index contributed by atoms with van der Waals surface area (Å²) in [5, 5.41) is 17.8. The van der Waals surface area contributed by atoms with Crippen LogP contribution in [0.1, 0.15) is 13.8 Å². The maximum atomic E-state index is 4.54. The molecule has 0 aliphatic heterocycles. The maximum Gasteiger partial charge on any atom is 0.231 e. The molecule has 1 aromatic heterocycles. The lowest BCUT2D eigenvalue weighted by molar-refractivity contribution is 0.866. The van der Waals surface area contributed by atoms with Gasteiger partial charge in [-0.3, -0.25) is 0 Å². The van der Waals surface area contributed by atoms with Crippen LogP contribution in [0, 0.1) is 0 Å². The van der Waals surface area contributed by atoms with E-state index in [-0.39, 0.29) is 0 Å². The van der Waals surface area contributed by atoms with Crippen molar-refractivity contribution in [3.63, 3.8) is 0 Å². The molecule has 0 aliphatic rings. The average molecular weight is 415 g/mol. The second-order valence-corrected chi connectivity index (χ2v) is 7.58. The minimum absolute atomic E-state index is 0.620. The van der Waals surface area contributed by atoms with Gasteiger partial charge in [0, 0.05) is 18.8 Å². The van der Waals surface area contributed by atoms with E-state index in [1.807, 2.05) is 60.7 Å². The Bertz CT molecular complexity index is 1160. The second-order valence-electron chi connectivity index (χ2n) is 6.57. The maximum absolute atomic E-state index is 4.54. The van der Waals surface area contributed by atoms with Crippen LogP contribution in [0.2, 0.25) is 0 Å². The largest absolute Gasteiger partial charge is 0.372 e. The molecule has 4 aromatic rings. The van der Waals surface area contributed by atoms with Gasteiger partial charge < -0.3 is 4.90 Å². The Hall–Kier alpha value is -3.45. The topological polar surface area (TPSA) is 65.6 Å². The molecular formula is C23H22N6S. The molecule has 0 atom stereocenters. The summed E-state index contributed by atoms with van der Waals surface area (Å²) >= 11 is 1.49. The minimum atomic E-state index is 0.620. The molecule has 3 aromatic carbocycles. The predicted molar refractivity (Wildman–Crippen MR) is 124 cm³/mol. The molecule has 0 saturated carbocycles. The highest BCUT2D eigenvalue weighted by molar-refractivity contribution is 7.21. The number of fused-ring (bicyclic) bond motifs is 1. The monoisotopic (exact) mass is 414 g/mol. The van der Waals surface area contributed by atoms with Crippen LogP contribution < -0.4 is 4.90 Å². The first-order valence-electron chi connectivity index (χ1n) is 9.89. The van der Waals surface area contributed by atoms with Crippen LogP contribution in [-0.2, 0) is 0 Å². The zero-order valence-electron chi connectivity index (χ0n) is 16.9. The quantitative estimate of drug-likeness (QED) is 0.288. The van der Waals surface area contributed by atoms with Crippen LogP contribution >= 0.6 is 11.3 Å². The third kappa shape index (κ3) is 4.75. The minimum Gasteiger partial charge on any atom is -0.372 e. The number of hydrogen-bond donors (Lipinski definition) is 0. The third-order valence-corrected chi connectivity index (χ3v) is 5.53. The normalized spacial score (nSPS) is 11.7. The van der Waals surface area contributed by atoms with Crippen molar-refractivity contribution >= 4 is 49.4 Å². The van der Waals surface area contributed by atoms with E-state index in [1.54, 1.807) is 0 Å². The lowest BCUT2D eigenvalue weighted by Gasteiger charge is -2.20. The first-order chi connectivity index (χ1) is 14.7. The number of aromatic nitrogens is 1. The Morgan fingerprint density at radius 3 is 2.10 bits per heavy atom. The molecule has 150 valence electrons. The van der Waals surface area contributed by atoms with Crippen LogP contribution in [0.5, 0.6) is 0 Å². The van der Waals surface area contributed by atoms with Crippen LogP contribution in [0.25, 0.3) is 10.2 Å². The van der Waals surface area contributed by atoms with Crippen LogP contribution in [0.15, 0.2) is 93.3 Å². The summed E-state index contributed by atoms with van der Waals surface area (Å²) in [5.41, 5.74) is 4.48. The number of anilines is 1. The second kappa shape index (κ2) is 9.37. The van der Waals surface area contributed by atoms with Crippen LogP contribution in [-0.4, -0.2) is 18.1 Å². The van der Waals surface area contributed by atoms with Crippen LogP contribution in [0.4, 0.5) is 27.9 Å². The third-order valence-electron chi connectivity index (χ3n) is 4.63. The zero-order valence-corrected chi connectivity index (χ0v) is 17.8. The van der Waals surface area contributed by atoms with Crippen molar-refractivity contribution in [3.8, 4) is 0 Å². The molecule has 1 heterocycles. The van der Waals surface area contributed by atoms with Gasteiger partial charge in [-0.05, 0) is 68.4 Å². The van der Waals surface area contributed by atoms with Gasteiger partial charge in [0.05, 0.1) is 27.3 Å². The molecule has 0 spiro atoms. The smallest absolute Gasteiger partial charge is 0.231 e. The molecule has 4 rings (SSSR count). The lowest BCUT2D eigenvalue weighted by Crippen LogP contribution is -2.21. The SMILES string of the molecule is CCN(CC)c1ccc(N=Nc2nc3ccc(N=Nc4ccccc4)cc3s2)cc1. The average Bonchev–Trinajstić information content (AvgIpc) is 3.21. The molecule has 0 radical (unpaired) electrons.